The number of carbonyl (C=O) groups is 1. The third kappa shape index (κ3) is 4.84. The number of hydrogen-bond acceptors (Lipinski definition) is 6. The molecule has 1 saturated heterocycles. The zero-order chi connectivity index (χ0) is 24.6. The molecule has 0 saturated carbocycles. The number of anilines is 1. The van der Waals surface area contributed by atoms with Crippen LogP contribution in [-0.2, 0) is 0 Å². The van der Waals surface area contributed by atoms with Gasteiger partial charge in [-0.15, -0.1) is 13.2 Å². The summed E-state index contributed by atoms with van der Waals surface area (Å²) in [5.74, 6) is 0.349. The molecule has 1 fully saturated rings. The van der Waals surface area contributed by atoms with Gasteiger partial charge in [0.25, 0.3) is 5.91 Å². The summed E-state index contributed by atoms with van der Waals surface area (Å²) < 4.78 is 41.0. The highest BCUT2D eigenvalue weighted by Gasteiger charge is 2.31. The van der Waals surface area contributed by atoms with Crippen LogP contribution in [0.5, 0.6) is 5.75 Å². The van der Waals surface area contributed by atoms with Gasteiger partial charge in [0.15, 0.2) is 5.49 Å². The molecule has 1 amide bonds. The molecular formula is C24H23F3N6O2. The number of aromatic amines is 1. The van der Waals surface area contributed by atoms with Crippen molar-refractivity contribution in [3.63, 3.8) is 0 Å². The van der Waals surface area contributed by atoms with Crippen LogP contribution in [0.2, 0.25) is 0 Å². The average Bonchev–Trinajstić information content (AvgIpc) is 3.28. The van der Waals surface area contributed by atoms with E-state index >= 15 is 0 Å². The Balaban J connectivity index is 1.30. The standard InChI is InChI=1S/C24H23F3N6O2/c25-24(26,27)35-16-3-1-15(2-4-16)23(34)33-11-7-14(8-12-33)17-5-10-30-22-20(17)31-21(32-22)18-13-29-9-6-19(18)28/h1-4,6,9,13-14H,5,7-8,10-12H2,(H2,28,29)(H,30,31,32). The fraction of sp³-hybridized carbons (Fsp3) is 0.333. The second-order valence-corrected chi connectivity index (χ2v) is 8.54. The minimum Gasteiger partial charge on any atom is -0.406 e. The van der Waals surface area contributed by atoms with Crippen molar-refractivity contribution in [1.29, 1.82) is 0 Å². The number of carbonyl (C=O) groups excluding carboxylic acids is 1. The number of pyridine rings is 1. The second kappa shape index (κ2) is 9.05. The van der Waals surface area contributed by atoms with Gasteiger partial charge in [0.05, 0.1) is 10.9 Å². The van der Waals surface area contributed by atoms with Gasteiger partial charge in [-0.25, -0.2) is 4.98 Å². The number of halogens is 3. The summed E-state index contributed by atoms with van der Waals surface area (Å²) in [5.41, 5.74) is 9.64. The molecule has 2 aromatic heterocycles. The van der Waals surface area contributed by atoms with E-state index in [0.717, 1.165) is 42.3 Å². The number of nitrogens with two attached hydrogens (primary N) is 1. The first kappa shape index (κ1) is 22.9. The molecule has 2 aliphatic rings. The van der Waals surface area contributed by atoms with E-state index in [4.69, 9.17) is 5.73 Å². The predicted octanol–water partition coefficient (Wildman–Crippen LogP) is 2.68. The first-order valence-electron chi connectivity index (χ1n) is 11.3. The fourth-order valence-corrected chi connectivity index (χ4v) is 4.66. The van der Waals surface area contributed by atoms with E-state index in [0.29, 0.717) is 42.2 Å². The maximum atomic E-state index is 12.9. The Kier molecular flexibility index (Phi) is 5.91. The van der Waals surface area contributed by atoms with Gasteiger partial charge in [0.1, 0.15) is 11.6 Å². The number of H-pyrrole nitrogens is 1. The topological polar surface area (TPSA) is 109 Å². The van der Waals surface area contributed by atoms with Crippen molar-refractivity contribution >= 4 is 17.2 Å². The number of aromatic nitrogens is 3. The normalized spacial score (nSPS) is 16.5. The number of piperidine rings is 1. The van der Waals surface area contributed by atoms with Crippen molar-refractivity contribution in [3.05, 3.63) is 59.1 Å². The molecule has 5 rings (SSSR count). The molecule has 8 nitrogen and oxygen atoms in total. The largest absolute Gasteiger partial charge is 0.573 e. The highest BCUT2D eigenvalue weighted by atomic mass is 19.4. The number of benzene rings is 1. The van der Waals surface area contributed by atoms with Crippen molar-refractivity contribution < 1.29 is 22.7 Å². The molecule has 2 aliphatic heterocycles. The third-order valence-electron chi connectivity index (χ3n) is 6.37. The van der Waals surface area contributed by atoms with Gasteiger partial charge < -0.3 is 20.4 Å². The summed E-state index contributed by atoms with van der Waals surface area (Å²) >= 11 is 0. The van der Waals surface area contributed by atoms with E-state index in [2.05, 4.69) is 24.7 Å². The lowest BCUT2D eigenvalue weighted by molar-refractivity contribution is -0.274. The molecule has 3 N–H and O–H groups in total. The van der Waals surface area contributed by atoms with Gasteiger partial charge in [-0.3, -0.25) is 14.8 Å². The first-order valence-corrected chi connectivity index (χ1v) is 11.3. The Hall–Kier alpha value is -3.89. The molecule has 0 radical (unpaired) electrons. The zero-order valence-electron chi connectivity index (χ0n) is 18.7. The van der Waals surface area contributed by atoms with Gasteiger partial charge in [0, 0.05) is 43.3 Å². The SMILES string of the molecule is Nc1ccncc1-c1nc2c([nH]1)=C(C1CCN(C(=O)c3ccc(OC(F)(F)F)cc3)CC1)CCN=2. The number of ether oxygens (including phenoxy) is 1. The van der Waals surface area contributed by atoms with E-state index in [9.17, 15) is 18.0 Å². The number of fused-ring (bicyclic) bond motifs is 1. The molecule has 11 heteroatoms. The van der Waals surface area contributed by atoms with Crippen LogP contribution >= 0.6 is 0 Å². The Labute approximate surface area is 198 Å². The van der Waals surface area contributed by atoms with Crippen molar-refractivity contribution in [2.45, 2.75) is 25.6 Å². The van der Waals surface area contributed by atoms with Gasteiger partial charge in [-0.1, -0.05) is 0 Å². The van der Waals surface area contributed by atoms with E-state index < -0.39 is 6.36 Å². The fourth-order valence-electron chi connectivity index (χ4n) is 4.66. The summed E-state index contributed by atoms with van der Waals surface area (Å²) in [6.45, 7) is 1.76. The molecule has 182 valence electrons. The summed E-state index contributed by atoms with van der Waals surface area (Å²) in [5, 5.41) is 0.916. The number of amides is 1. The van der Waals surface area contributed by atoms with E-state index in [1.54, 1.807) is 23.4 Å². The molecule has 0 atom stereocenters. The van der Waals surface area contributed by atoms with Gasteiger partial charge in [0.2, 0.25) is 0 Å². The molecule has 0 spiro atoms. The third-order valence-corrected chi connectivity index (χ3v) is 6.37. The summed E-state index contributed by atoms with van der Waals surface area (Å²) in [6, 6.07) is 6.75. The van der Waals surface area contributed by atoms with Crippen LogP contribution in [0.1, 0.15) is 29.6 Å². The number of nitrogens with zero attached hydrogens (tertiary/aromatic N) is 4. The smallest absolute Gasteiger partial charge is 0.406 e. The Bertz CT molecular complexity index is 1360. The van der Waals surface area contributed by atoms with E-state index in [-0.39, 0.29) is 17.6 Å². The molecule has 1 aromatic carbocycles. The predicted molar refractivity (Wildman–Crippen MR) is 122 cm³/mol. The second-order valence-electron chi connectivity index (χ2n) is 8.54. The van der Waals surface area contributed by atoms with Crippen LogP contribution < -0.4 is 21.3 Å². The minimum atomic E-state index is -4.77. The molecule has 3 aromatic rings. The number of nitrogen functional groups attached to an aromatic ring is 1. The summed E-state index contributed by atoms with van der Waals surface area (Å²) in [6.07, 6.45) is 0.903. The molecule has 0 aliphatic carbocycles. The first-order chi connectivity index (χ1) is 16.8. The Morgan fingerprint density at radius 1 is 1.14 bits per heavy atom. The number of alkyl halides is 3. The van der Waals surface area contributed by atoms with Crippen molar-refractivity contribution in [2.24, 2.45) is 10.9 Å². The maximum absolute atomic E-state index is 12.9. The van der Waals surface area contributed by atoms with Gasteiger partial charge in [-0.05, 0) is 61.1 Å². The molecular weight excluding hydrogens is 461 g/mol. The van der Waals surface area contributed by atoms with Gasteiger partial charge in [-0.2, -0.15) is 0 Å². The number of nitrogens with one attached hydrogen (secondary N) is 1. The number of imidazole rings is 1. The monoisotopic (exact) mass is 484 g/mol. The van der Waals surface area contributed by atoms with Crippen LogP contribution in [0.4, 0.5) is 18.9 Å². The minimum absolute atomic E-state index is 0.206. The maximum Gasteiger partial charge on any atom is 0.573 e. The van der Waals surface area contributed by atoms with Crippen LogP contribution in [0.3, 0.4) is 0 Å². The Morgan fingerprint density at radius 3 is 2.57 bits per heavy atom. The van der Waals surface area contributed by atoms with Crippen molar-refractivity contribution in [1.82, 2.24) is 19.9 Å². The Morgan fingerprint density at radius 2 is 1.89 bits per heavy atom. The number of likely N-dealkylation sites (tertiary alicyclic amines) is 1. The highest BCUT2D eigenvalue weighted by Crippen LogP contribution is 2.29. The number of rotatable bonds is 4. The van der Waals surface area contributed by atoms with Gasteiger partial charge >= 0.3 is 6.36 Å². The lowest BCUT2D eigenvalue weighted by Crippen LogP contribution is -2.41. The lowest BCUT2D eigenvalue weighted by Gasteiger charge is -2.33. The highest BCUT2D eigenvalue weighted by molar-refractivity contribution is 5.94. The molecule has 0 bridgehead atoms. The van der Waals surface area contributed by atoms with Crippen LogP contribution in [0.25, 0.3) is 17.0 Å². The van der Waals surface area contributed by atoms with E-state index in [1.165, 1.54) is 17.7 Å². The van der Waals surface area contributed by atoms with Crippen LogP contribution in [0.15, 0.2) is 47.7 Å². The molecule has 35 heavy (non-hydrogen) atoms. The van der Waals surface area contributed by atoms with Crippen molar-refractivity contribution in [2.75, 3.05) is 25.4 Å². The quantitative estimate of drug-likeness (QED) is 0.592. The lowest BCUT2D eigenvalue weighted by atomic mass is 9.86. The zero-order valence-corrected chi connectivity index (χ0v) is 18.7. The summed E-state index contributed by atoms with van der Waals surface area (Å²) in [4.78, 5) is 31.3. The molecule has 0 unspecified atom stereocenters. The average molecular weight is 484 g/mol. The van der Waals surface area contributed by atoms with Crippen molar-refractivity contribution in [3.8, 4) is 17.1 Å². The van der Waals surface area contributed by atoms with E-state index in [1.807, 2.05) is 0 Å². The number of hydrogen-bond donors (Lipinski definition) is 2. The summed E-state index contributed by atoms with van der Waals surface area (Å²) in [7, 11) is 0. The van der Waals surface area contributed by atoms with Crippen LogP contribution in [-0.4, -0.2) is 51.8 Å². The van der Waals surface area contributed by atoms with Crippen LogP contribution in [0, 0.1) is 5.92 Å². The molecule has 4 heterocycles.